The number of carbonyl (C=O) groups is 1. The number of halogens is 2. The first-order valence-corrected chi connectivity index (χ1v) is 7.15. The maximum atomic E-state index is 13.6. The van der Waals surface area contributed by atoms with Crippen molar-refractivity contribution in [3.63, 3.8) is 0 Å². The second-order valence-corrected chi connectivity index (χ2v) is 5.95. The fourth-order valence-corrected chi connectivity index (χ4v) is 2.92. The topological polar surface area (TPSA) is 40.5 Å². The van der Waals surface area contributed by atoms with E-state index in [1.165, 1.54) is 11.0 Å². The van der Waals surface area contributed by atoms with E-state index in [9.17, 15) is 14.3 Å². The van der Waals surface area contributed by atoms with E-state index in [-0.39, 0.29) is 24.2 Å². The second-order valence-electron chi connectivity index (χ2n) is 5.03. The number of benzene rings is 1. The molecular formula is C14H17BrFNO2. The lowest BCUT2D eigenvalue weighted by Crippen LogP contribution is -2.36. The van der Waals surface area contributed by atoms with Crippen LogP contribution in [0.15, 0.2) is 22.7 Å². The molecule has 19 heavy (non-hydrogen) atoms. The molecule has 5 heteroatoms. The summed E-state index contributed by atoms with van der Waals surface area (Å²) in [6, 6.07) is 4.67. The van der Waals surface area contributed by atoms with Crippen LogP contribution in [0.4, 0.5) is 4.39 Å². The summed E-state index contributed by atoms with van der Waals surface area (Å²) in [4.78, 5) is 13.7. The summed E-state index contributed by atoms with van der Waals surface area (Å²) >= 11 is 3.29. The summed E-state index contributed by atoms with van der Waals surface area (Å²) < 4.78 is 14.4. The Morgan fingerprint density at radius 3 is 2.89 bits per heavy atom. The lowest BCUT2D eigenvalue weighted by Gasteiger charge is -2.23. The highest BCUT2D eigenvalue weighted by Gasteiger charge is 2.33. The summed E-state index contributed by atoms with van der Waals surface area (Å²) in [5.74, 6) is -0.764. The molecule has 2 atom stereocenters. The van der Waals surface area contributed by atoms with E-state index in [0.29, 0.717) is 18.4 Å². The summed E-state index contributed by atoms with van der Waals surface area (Å²) in [5.41, 5.74) is 0.470. The molecular weight excluding hydrogens is 313 g/mol. The SMILES string of the molecule is CN(Cc1cc(Br)ccc1F)C(=O)C1CCCC1O. The van der Waals surface area contributed by atoms with Gasteiger partial charge in [-0.05, 0) is 37.5 Å². The fourth-order valence-electron chi connectivity index (χ4n) is 2.51. The molecule has 1 amide bonds. The summed E-state index contributed by atoms with van der Waals surface area (Å²) in [6.07, 6.45) is 1.71. The average Bonchev–Trinajstić information content (AvgIpc) is 2.79. The molecule has 0 saturated heterocycles. The van der Waals surface area contributed by atoms with Crippen molar-refractivity contribution in [3.05, 3.63) is 34.1 Å². The zero-order chi connectivity index (χ0) is 14.0. The number of amides is 1. The smallest absolute Gasteiger partial charge is 0.228 e. The van der Waals surface area contributed by atoms with Crippen molar-refractivity contribution in [2.75, 3.05) is 7.05 Å². The van der Waals surface area contributed by atoms with E-state index in [0.717, 1.165) is 10.9 Å². The Labute approximate surface area is 120 Å². The van der Waals surface area contributed by atoms with Gasteiger partial charge >= 0.3 is 0 Å². The van der Waals surface area contributed by atoms with Gasteiger partial charge in [-0.1, -0.05) is 15.9 Å². The lowest BCUT2D eigenvalue weighted by atomic mass is 10.0. The van der Waals surface area contributed by atoms with Crippen molar-refractivity contribution in [3.8, 4) is 0 Å². The first kappa shape index (κ1) is 14.5. The third-order valence-electron chi connectivity index (χ3n) is 3.59. The van der Waals surface area contributed by atoms with Crippen LogP contribution in [0.25, 0.3) is 0 Å². The fraction of sp³-hybridized carbons (Fsp3) is 0.500. The highest BCUT2D eigenvalue weighted by molar-refractivity contribution is 9.10. The molecule has 104 valence electrons. The van der Waals surface area contributed by atoms with Crippen molar-refractivity contribution in [1.29, 1.82) is 0 Å². The molecule has 0 aliphatic heterocycles. The third-order valence-corrected chi connectivity index (χ3v) is 4.08. The predicted octanol–water partition coefficient (Wildman–Crippen LogP) is 2.71. The van der Waals surface area contributed by atoms with Crippen LogP contribution in [-0.4, -0.2) is 29.1 Å². The van der Waals surface area contributed by atoms with Gasteiger partial charge in [0.25, 0.3) is 0 Å². The highest BCUT2D eigenvalue weighted by atomic mass is 79.9. The number of hydrogen-bond acceptors (Lipinski definition) is 2. The van der Waals surface area contributed by atoms with Gasteiger partial charge in [0.05, 0.1) is 12.0 Å². The van der Waals surface area contributed by atoms with Crippen LogP contribution in [-0.2, 0) is 11.3 Å². The van der Waals surface area contributed by atoms with Gasteiger partial charge in [0.15, 0.2) is 0 Å². The molecule has 2 rings (SSSR count). The zero-order valence-corrected chi connectivity index (χ0v) is 12.4. The molecule has 0 bridgehead atoms. The maximum absolute atomic E-state index is 13.6. The summed E-state index contributed by atoms with van der Waals surface area (Å²) in [6.45, 7) is 0.216. The minimum atomic E-state index is -0.553. The first-order valence-electron chi connectivity index (χ1n) is 6.36. The molecule has 3 nitrogen and oxygen atoms in total. The predicted molar refractivity (Wildman–Crippen MR) is 73.9 cm³/mol. The van der Waals surface area contributed by atoms with Gasteiger partial charge in [0.1, 0.15) is 5.82 Å². The molecule has 1 N–H and O–H groups in total. The number of rotatable bonds is 3. The van der Waals surface area contributed by atoms with Gasteiger partial charge in [-0.25, -0.2) is 4.39 Å². The van der Waals surface area contributed by atoms with Gasteiger partial charge in [-0.15, -0.1) is 0 Å². The van der Waals surface area contributed by atoms with E-state index in [1.54, 1.807) is 19.2 Å². The number of aliphatic hydroxyl groups is 1. The van der Waals surface area contributed by atoms with Gasteiger partial charge in [0.2, 0.25) is 5.91 Å². The van der Waals surface area contributed by atoms with Crippen LogP contribution in [0.3, 0.4) is 0 Å². The van der Waals surface area contributed by atoms with E-state index < -0.39 is 6.10 Å². The van der Waals surface area contributed by atoms with Crippen molar-refractivity contribution < 1.29 is 14.3 Å². The molecule has 0 spiro atoms. The molecule has 1 aliphatic rings. The number of aliphatic hydroxyl groups excluding tert-OH is 1. The van der Waals surface area contributed by atoms with E-state index in [4.69, 9.17) is 0 Å². The van der Waals surface area contributed by atoms with Crippen LogP contribution in [0, 0.1) is 11.7 Å². The van der Waals surface area contributed by atoms with Crippen molar-refractivity contribution in [2.45, 2.75) is 31.9 Å². The largest absolute Gasteiger partial charge is 0.392 e. The highest BCUT2D eigenvalue weighted by Crippen LogP contribution is 2.27. The Morgan fingerprint density at radius 1 is 1.53 bits per heavy atom. The quantitative estimate of drug-likeness (QED) is 0.926. The molecule has 1 saturated carbocycles. The number of nitrogens with zero attached hydrogens (tertiary/aromatic N) is 1. The van der Waals surface area contributed by atoms with Gasteiger partial charge < -0.3 is 10.0 Å². The number of hydrogen-bond donors (Lipinski definition) is 1. The van der Waals surface area contributed by atoms with E-state index in [1.807, 2.05) is 0 Å². The Kier molecular flexibility index (Phi) is 4.58. The molecule has 0 radical (unpaired) electrons. The Bertz CT molecular complexity index is 481. The first-order chi connectivity index (χ1) is 8.99. The Morgan fingerprint density at radius 2 is 2.26 bits per heavy atom. The molecule has 1 aromatic carbocycles. The molecule has 1 aromatic rings. The van der Waals surface area contributed by atoms with Crippen LogP contribution in [0.5, 0.6) is 0 Å². The Hall–Kier alpha value is -0.940. The standard InChI is InChI=1S/C14H17BrFNO2/c1-17(14(19)11-3-2-4-13(11)18)8-9-7-10(15)5-6-12(9)16/h5-7,11,13,18H,2-4,8H2,1H3. The van der Waals surface area contributed by atoms with Gasteiger partial charge in [0, 0.05) is 23.6 Å². The summed E-state index contributed by atoms with van der Waals surface area (Å²) in [7, 11) is 1.65. The monoisotopic (exact) mass is 329 g/mol. The lowest BCUT2D eigenvalue weighted by molar-refractivity contribution is -0.137. The second kappa shape index (κ2) is 6.01. The maximum Gasteiger partial charge on any atom is 0.228 e. The van der Waals surface area contributed by atoms with Crippen LogP contribution in [0.2, 0.25) is 0 Å². The molecule has 0 heterocycles. The minimum Gasteiger partial charge on any atom is -0.392 e. The molecule has 2 unspecified atom stereocenters. The minimum absolute atomic E-state index is 0.107. The molecule has 1 fully saturated rings. The van der Waals surface area contributed by atoms with Crippen LogP contribution in [0.1, 0.15) is 24.8 Å². The Balaban J connectivity index is 2.06. The normalized spacial score (nSPS) is 22.5. The van der Waals surface area contributed by atoms with Gasteiger partial charge in [-0.3, -0.25) is 4.79 Å². The third kappa shape index (κ3) is 3.34. The molecule has 1 aliphatic carbocycles. The van der Waals surface area contributed by atoms with Crippen LogP contribution < -0.4 is 0 Å². The molecule has 0 aromatic heterocycles. The number of carbonyl (C=O) groups excluding carboxylic acids is 1. The van der Waals surface area contributed by atoms with E-state index in [2.05, 4.69) is 15.9 Å². The summed E-state index contributed by atoms with van der Waals surface area (Å²) in [5, 5.41) is 9.74. The van der Waals surface area contributed by atoms with E-state index >= 15 is 0 Å². The average molecular weight is 330 g/mol. The van der Waals surface area contributed by atoms with Gasteiger partial charge in [-0.2, -0.15) is 0 Å². The van der Waals surface area contributed by atoms with Crippen LogP contribution >= 0.6 is 15.9 Å². The van der Waals surface area contributed by atoms with Crippen molar-refractivity contribution in [2.24, 2.45) is 5.92 Å². The van der Waals surface area contributed by atoms with Crippen molar-refractivity contribution >= 4 is 21.8 Å². The zero-order valence-electron chi connectivity index (χ0n) is 10.8. The van der Waals surface area contributed by atoms with Crippen molar-refractivity contribution in [1.82, 2.24) is 4.90 Å².